The van der Waals surface area contributed by atoms with Crippen molar-refractivity contribution >= 4 is 27.5 Å². The van der Waals surface area contributed by atoms with E-state index in [1.807, 2.05) is 0 Å². The Morgan fingerprint density at radius 1 is 1.62 bits per heavy atom. The SMILES string of the molecule is CCn1cnc(Cl)c1C(C)(C)CBr. The molecule has 0 bridgehead atoms. The van der Waals surface area contributed by atoms with Crippen LogP contribution in [-0.4, -0.2) is 14.9 Å². The summed E-state index contributed by atoms with van der Waals surface area (Å²) in [4.78, 5) is 4.11. The molecule has 0 saturated carbocycles. The van der Waals surface area contributed by atoms with Gasteiger partial charge in [-0.2, -0.15) is 0 Å². The zero-order chi connectivity index (χ0) is 10.1. The number of aryl methyl sites for hydroxylation is 1. The second-order valence-corrected chi connectivity index (χ2v) is 4.61. The van der Waals surface area contributed by atoms with Gasteiger partial charge in [0.1, 0.15) is 0 Å². The lowest BCUT2D eigenvalue weighted by Gasteiger charge is -2.23. The van der Waals surface area contributed by atoms with Gasteiger partial charge in [-0.25, -0.2) is 4.98 Å². The summed E-state index contributed by atoms with van der Waals surface area (Å²) in [6.07, 6.45) is 1.79. The minimum Gasteiger partial charge on any atom is -0.333 e. The fourth-order valence-corrected chi connectivity index (χ4v) is 2.00. The predicted octanol–water partition coefficient (Wildman–Crippen LogP) is 3.23. The summed E-state index contributed by atoms with van der Waals surface area (Å²) in [5.74, 6) is 0. The van der Waals surface area contributed by atoms with E-state index in [2.05, 4.69) is 46.3 Å². The molecule has 0 amide bonds. The van der Waals surface area contributed by atoms with Gasteiger partial charge >= 0.3 is 0 Å². The van der Waals surface area contributed by atoms with Crippen molar-refractivity contribution in [1.82, 2.24) is 9.55 Å². The fourth-order valence-electron chi connectivity index (χ4n) is 1.33. The van der Waals surface area contributed by atoms with Gasteiger partial charge in [-0.3, -0.25) is 0 Å². The average Bonchev–Trinajstić information content (AvgIpc) is 2.47. The Morgan fingerprint density at radius 2 is 2.23 bits per heavy atom. The molecule has 0 atom stereocenters. The second-order valence-electron chi connectivity index (χ2n) is 3.69. The van der Waals surface area contributed by atoms with Crippen LogP contribution in [0.4, 0.5) is 0 Å². The first-order valence-electron chi connectivity index (χ1n) is 4.30. The monoisotopic (exact) mass is 264 g/mol. The second kappa shape index (κ2) is 4.01. The fraction of sp³-hybridized carbons (Fsp3) is 0.667. The molecule has 0 N–H and O–H groups in total. The summed E-state index contributed by atoms with van der Waals surface area (Å²) < 4.78 is 2.09. The maximum absolute atomic E-state index is 6.03. The third-order valence-corrected chi connectivity index (χ3v) is 3.79. The normalized spacial score (nSPS) is 12.1. The summed E-state index contributed by atoms with van der Waals surface area (Å²) in [6, 6.07) is 0. The number of halogens is 2. The van der Waals surface area contributed by atoms with Crippen molar-refractivity contribution in [1.29, 1.82) is 0 Å². The summed E-state index contributed by atoms with van der Waals surface area (Å²) in [6.45, 7) is 7.30. The Hall–Kier alpha value is -0.0200. The van der Waals surface area contributed by atoms with Crippen LogP contribution >= 0.6 is 27.5 Å². The van der Waals surface area contributed by atoms with Crippen molar-refractivity contribution in [3.05, 3.63) is 17.2 Å². The van der Waals surface area contributed by atoms with E-state index in [1.54, 1.807) is 6.33 Å². The molecule has 1 heterocycles. The number of nitrogens with zero attached hydrogens (tertiary/aromatic N) is 2. The van der Waals surface area contributed by atoms with E-state index in [9.17, 15) is 0 Å². The van der Waals surface area contributed by atoms with Crippen molar-refractivity contribution in [3.8, 4) is 0 Å². The van der Waals surface area contributed by atoms with Gasteiger partial charge in [0.2, 0.25) is 0 Å². The Labute approximate surface area is 92.4 Å². The van der Waals surface area contributed by atoms with Crippen LogP contribution < -0.4 is 0 Å². The number of hydrogen-bond donors (Lipinski definition) is 0. The summed E-state index contributed by atoms with van der Waals surface area (Å²) >= 11 is 9.52. The lowest BCUT2D eigenvalue weighted by atomic mass is 9.92. The third kappa shape index (κ3) is 2.08. The first kappa shape index (κ1) is 11.1. The lowest BCUT2D eigenvalue weighted by Crippen LogP contribution is -2.23. The summed E-state index contributed by atoms with van der Waals surface area (Å²) in [5.41, 5.74) is 1.14. The highest BCUT2D eigenvalue weighted by Crippen LogP contribution is 2.30. The number of hydrogen-bond acceptors (Lipinski definition) is 1. The van der Waals surface area contributed by atoms with Crippen molar-refractivity contribution in [2.24, 2.45) is 0 Å². The molecule has 74 valence electrons. The number of aromatic nitrogens is 2. The molecule has 1 aromatic heterocycles. The molecule has 2 nitrogen and oxygen atoms in total. The molecule has 1 aromatic rings. The van der Waals surface area contributed by atoms with Crippen molar-refractivity contribution in [2.75, 3.05) is 5.33 Å². The van der Waals surface area contributed by atoms with E-state index in [-0.39, 0.29) is 5.41 Å². The molecule has 0 unspecified atom stereocenters. The predicted molar refractivity (Wildman–Crippen MR) is 59.7 cm³/mol. The summed E-state index contributed by atoms with van der Waals surface area (Å²) in [5, 5.41) is 1.50. The van der Waals surface area contributed by atoms with Crippen LogP contribution in [0.5, 0.6) is 0 Å². The molecule has 4 heteroatoms. The quantitative estimate of drug-likeness (QED) is 0.767. The standard InChI is InChI=1S/C9H14BrClN2/c1-4-13-6-12-8(11)7(13)9(2,3)5-10/h6H,4-5H2,1-3H3. The summed E-state index contributed by atoms with van der Waals surface area (Å²) in [7, 11) is 0. The first-order valence-corrected chi connectivity index (χ1v) is 5.80. The topological polar surface area (TPSA) is 17.8 Å². The largest absolute Gasteiger partial charge is 0.333 e. The van der Waals surface area contributed by atoms with Crippen LogP contribution in [0.25, 0.3) is 0 Å². The molecule has 0 aliphatic rings. The van der Waals surface area contributed by atoms with Crippen LogP contribution in [0.3, 0.4) is 0 Å². The van der Waals surface area contributed by atoms with Gasteiger partial charge in [0.15, 0.2) is 5.15 Å². The van der Waals surface area contributed by atoms with E-state index < -0.39 is 0 Å². The van der Waals surface area contributed by atoms with Crippen molar-refractivity contribution in [3.63, 3.8) is 0 Å². The number of imidazole rings is 1. The van der Waals surface area contributed by atoms with Gasteiger partial charge in [-0.05, 0) is 6.92 Å². The number of alkyl halides is 1. The molecular formula is C9H14BrClN2. The van der Waals surface area contributed by atoms with Gasteiger partial charge < -0.3 is 4.57 Å². The average molecular weight is 266 g/mol. The van der Waals surface area contributed by atoms with Gasteiger partial charge in [0.25, 0.3) is 0 Å². The van der Waals surface area contributed by atoms with Gasteiger partial charge in [-0.1, -0.05) is 41.4 Å². The van der Waals surface area contributed by atoms with Crippen LogP contribution in [-0.2, 0) is 12.0 Å². The molecule has 0 aliphatic heterocycles. The van der Waals surface area contributed by atoms with Gasteiger partial charge in [0, 0.05) is 17.3 Å². The highest BCUT2D eigenvalue weighted by atomic mass is 79.9. The maximum atomic E-state index is 6.03. The molecule has 0 saturated heterocycles. The third-order valence-electron chi connectivity index (χ3n) is 2.11. The Balaban J connectivity index is 3.18. The molecule has 0 aromatic carbocycles. The van der Waals surface area contributed by atoms with Crippen LogP contribution in [0.15, 0.2) is 6.33 Å². The van der Waals surface area contributed by atoms with Crippen LogP contribution in [0, 0.1) is 0 Å². The Bertz CT molecular complexity index is 294. The van der Waals surface area contributed by atoms with Crippen molar-refractivity contribution < 1.29 is 0 Å². The zero-order valence-electron chi connectivity index (χ0n) is 8.14. The Morgan fingerprint density at radius 3 is 2.69 bits per heavy atom. The minimum absolute atomic E-state index is 0.0313. The molecule has 0 radical (unpaired) electrons. The van der Waals surface area contributed by atoms with E-state index in [1.165, 1.54) is 0 Å². The molecule has 0 fully saturated rings. The van der Waals surface area contributed by atoms with Gasteiger partial charge in [0.05, 0.1) is 12.0 Å². The van der Waals surface area contributed by atoms with E-state index in [4.69, 9.17) is 11.6 Å². The molecule has 1 rings (SSSR count). The van der Waals surface area contributed by atoms with E-state index in [0.717, 1.165) is 17.6 Å². The van der Waals surface area contributed by atoms with Gasteiger partial charge in [-0.15, -0.1) is 0 Å². The highest BCUT2D eigenvalue weighted by molar-refractivity contribution is 9.09. The molecular weight excluding hydrogens is 251 g/mol. The number of rotatable bonds is 3. The highest BCUT2D eigenvalue weighted by Gasteiger charge is 2.26. The molecule has 13 heavy (non-hydrogen) atoms. The van der Waals surface area contributed by atoms with E-state index in [0.29, 0.717) is 5.15 Å². The lowest BCUT2D eigenvalue weighted by molar-refractivity contribution is 0.538. The van der Waals surface area contributed by atoms with Crippen LogP contribution in [0.1, 0.15) is 26.5 Å². The van der Waals surface area contributed by atoms with E-state index >= 15 is 0 Å². The van der Waals surface area contributed by atoms with Crippen molar-refractivity contribution in [2.45, 2.75) is 32.7 Å². The molecule has 0 aliphatic carbocycles. The smallest absolute Gasteiger partial charge is 0.150 e. The Kier molecular flexibility index (Phi) is 3.41. The minimum atomic E-state index is 0.0313. The maximum Gasteiger partial charge on any atom is 0.150 e. The first-order chi connectivity index (χ1) is 6.03. The molecule has 0 spiro atoms. The zero-order valence-corrected chi connectivity index (χ0v) is 10.5. The van der Waals surface area contributed by atoms with Crippen LogP contribution in [0.2, 0.25) is 5.15 Å².